The summed E-state index contributed by atoms with van der Waals surface area (Å²) < 4.78 is 4.97. The fraction of sp³-hybridized carbons (Fsp3) is 0.429. The molecule has 0 unspecified atom stereocenters. The molecule has 110 valence electrons. The lowest BCUT2D eigenvalue weighted by atomic mass is 10.2. The number of carbonyl (C=O) groups excluding carboxylic acids is 1. The number of anilines is 2. The zero-order valence-electron chi connectivity index (χ0n) is 11.8. The molecule has 7 nitrogen and oxygen atoms in total. The summed E-state index contributed by atoms with van der Waals surface area (Å²) in [5, 5.41) is 9.80. The Hall–Kier alpha value is -2.44. The van der Waals surface area contributed by atoms with E-state index in [2.05, 4.69) is 25.8 Å². The third kappa shape index (κ3) is 3.36. The first kappa shape index (κ1) is 13.5. The van der Waals surface area contributed by atoms with Gasteiger partial charge in [-0.05, 0) is 19.8 Å². The Bertz CT molecular complexity index is 634. The minimum absolute atomic E-state index is 0.163. The summed E-state index contributed by atoms with van der Waals surface area (Å²) in [6, 6.07) is 3.62. The minimum atomic E-state index is -0.163. The number of aryl methyl sites for hydroxylation is 1. The molecular weight excluding hydrogens is 270 g/mol. The van der Waals surface area contributed by atoms with Crippen LogP contribution in [0.1, 0.15) is 41.9 Å². The van der Waals surface area contributed by atoms with E-state index in [1.54, 1.807) is 19.1 Å². The Morgan fingerprint density at radius 1 is 1.24 bits per heavy atom. The molecule has 2 N–H and O–H groups in total. The molecule has 3 rings (SSSR count). The van der Waals surface area contributed by atoms with Gasteiger partial charge in [-0.2, -0.15) is 0 Å². The van der Waals surface area contributed by atoms with Crippen LogP contribution in [-0.4, -0.2) is 27.1 Å². The van der Waals surface area contributed by atoms with E-state index in [9.17, 15) is 4.79 Å². The Balaban J connectivity index is 1.68. The average Bonchev–Trinajstić information content (AvgIpc) is 3.11. The van der Waals surface area contributed by atoms with E-state index in [4.69, 9.17) is 4.52 Å². The SMILES string of the molecule is Cc1cc(Nc2cc(C(=O)NC3CCCC3)ncn2)no1. The molecule has 1 aliphatic rings. The first-order valence-electron chi connectivity index (χ1n) is 7.04. The van der Waals surface area contributed by atoms with Crippen molar-refractivity contribution in [2.75, 3.05) is 5.32 Å². The molecule has 0 atom stereocenters. The molecule has 0 aromatic carbocycles. The molecule has 1 fully saturated rings. The van der Waals surface area contributed by atoms with Crippen LogP contribution in [0.25, 0.3) is 0 Å². The molecule has 0 spiro atoms. The second-order valence-corrected chi connectivity index (χ2v) is 5.19. The average molecular weight is 287 g/mol. The number of hydrogen-bond donors (Lipinski definition) is 2. The van der Waals surface area contributed by atoms with Crippen molar-refractivity contribution in [3.8, 4) is 0 Å². The van der Waals surface area contributed by atoms with Crippen molar-refractivity contribution in [2.24, 2.45) is 0 Å². The van der Waals surface area contributed by atoms with Crippen molar-refractivity contribution in [3.05, 3.63) is 29.9 Å². The van der Waals surface area contributed by atoms with E-state index >= 15 is 0 Å². The Morgan fingerprint density at radius 3 is 2.76 bits per heavy atom. The first-order valence-corrected chi connectivity index (χ1v) is 7.04. The third-order valence-electron chi connectivity index (χ3n) is 3.47. The molecule has 0 radical (unpaired) electrons. The van der Waals surface area contributed by atoms with Crippen molar-refractivity contribution in [2.45, 2.75) is 38.6 Å². The lowest BCUT2D eigenvalue weighted by molar-refractivity contribution is 0.0932. The van der Waals surface area contributed by atoms with Gasteiger partial charge in [-0.1, -0.05) is 18.0 Å². The van der Waals surface area contributed by atoms with E-state index in [0.29, 0.717) is 23.1 Å². The highest BCUT2D eigenvalue weighted by Crippen LogP contribution is 2.18. The van der Waals surface area contributed by atoms with Gasteiger partial charge in [0.2, 0.25) is 0 Å². The highest BCUT2D eigenvalue weighted by Gasteiger charge is 2.19. The highest BCUT2D eigenvalue weighted by atomic mass is 16.5. The van der Waals surface area contributed by atoms with Crippen LogP contribution < -0.4 is 10.6 Å². The van der Waals surface area contributed by atoms with Gasteiger partial charge in [-0.25, -0.2) is 9.97 Å². The van der Waals surface area contributed by atoms with Crippen molar-refractivity contribution in [1.82, 2.24) is 20.4 Å². The highest BCUT2D eigenvalue weighted by molar-refractivity contribution is 5.93. The topological polar surface area (TPSA) is 92.9 Å². The number of aromatic nitrogens is 3. The maximum atomic E-state index is 12.1. The van der Waals surface area contributed by atoms with Crippen LogP contribution in [0, 0.1) is 6.92 Å². The summed E-state index contributed by atoms with van der Waals surface area (Å²) in [7, 11) is 0. The van der Waals surface area contributed by atoms with Gasteiger partial charge in [0, 0.05) is 18.2 Å². The molecule has 1 saturated carbocycles. The van der Waals surface area contributed by atoms with Crippen molar-refractivity contribution in [3.63, 3.8) is 0 Å². The van der Waals surface area contributed by atoms with Gasteiger partial charge in [-0.15, -0.1) is 0 Å². The van der Waals surface area contributed by atoms with Gasteiger partial charge in [0.25, 0.3) is 5.91 Å². The smallest absolute Gasteiger partial charge is 0.270 e. The van der Waals surface area contributed by atoms with E-state index in [1.807, 2.05) is 0 Å². The molecule has 1 amide bonds. The number of nitrogens with zero attached hydrogens (tertiary/aromatic N) is 3. The molecular formula is C14H17N5O2. The van der Waals surface area contributed by atoms with Crippen molar-refractivity contribution >= 4 is 17.5 Å². The predicted molar refractivity (Wildman–Crippen MR) is 76.3 cm³/mol. The summed E-state index contributed by atoms with van der Waals surface area (Å²) in [6.07, 6.45) is 5.79. The molecule has 2 aromatic heterocycles. The van der Waals surface area contributed by atoms with E-state index in [1.165, 1.54) is 19.2 Å². The second-order valence-electron chi connectivity index (χ2n) is 5.19. The number of rotatable bonds is 4. The van der Waals surface area contributed by atoms with Crippen LogP contribution in [0.3, 0.4) is 0 Å². The van der Waals surface area contributed by atoms with Crippen molar-refractivity contribution in [1.29, 1.82) is 0 Å². The summed E-state index contributed by atoms with van der Waals surface area (Å²) in [5.41, 5.74) is 0.347. The molecule has 1 aliphatic carbocycles. The fourth-order valence-electron chi connectivity index (χ4n) is 2.44. The minimum Gasteiger partial charge on any atom is -0.360 e. The Kier molecular flexibility index (Phi) is 3.81. The zero-order chi connectivity index (χ0) is 14.7. The summed E-state index contributed by atoms with van der Waals surface area (Å²) in [4.78, 5) is 20.2. The van der Waals surface area contributed by atoms with E-state index in [-0.39, 0.29) is 11.9 Å². The standard InChI is InChI=1S/C14H17N5O2/c1-9-6-13(19-21-9)18-12-7-11(15-8-16-12)14(20)17-10-4-2-3-5-10/h6-8,10H,2-5H2,1H3,(H,17,20)(H,15,16,18,19). The normalized spacial score (nSPS) is 15.1. The van der Waals surface area contributed by atoms with Gasteiger partial charge >= 0.3 is 0 Å². The Labute approximate surface area is 122 Å². The largest absolute Gasteiger partial charge is 0.360 e. The maximum Gasteiger partial charge on any atom is 0.270 e. The van der Waals surface area contributed by atoms with Gasteiger partial charge in [0.1, 0.15) is 23.6 Å². The van der Waals surface area contributed by atoms with Crippen molar-refractivity contribution < 1.29 is 9.32 Å². The predicted octanol–water partition coefficient (Wildman–Crippen LogP) is 2.19. The molecule has 21 heavy (non-hydrogen) atoms. The van der Waals surface area contributed by atoms with Gasteiger partial charge in [0.05, 0.1) is 0 Å². The number of hydrogen-bond acceptors (Lipinski definition) is 6. The van der Waals surface area contributed by atoms with Crippen LogP contribution in [-0.2, 0) is 0 Å². The van der Waals surface area contributed by atoms with Crippen LogP contribution in [0.4, 0.5) is 11.6 Å². The summed E-state index contributed by atoms with van der Waals surface area (Å²) >= 11 is 0. The first-order chi connectivity index (χ1) is 10.2. The zero-order valence-corrected chi connectivity index (χ0v) is 11.8. The van der Waals surface area contributed by atoms with Crippen LogP contribution >= 0.6 is 0 Å². The third-order valence-corrected chi connectivity index (χ3v) is 3.47. The number of nitrogens with one attached hydrogen (secondary N) is 2. The number of carbonyl (C=O) groups is 1. The molecule has 0 saturated heterocycles. The van der Waals surface area contributed by atoms with Crippen LogP contribution in [0.15, 0.2) is 23.0 Å². The molecule has 7 heteroatoms. The maximum absolute atomic E-state index is 12.1. The lowest BCUT2D eigenvalue weighted by Crippen LogP contribution is -2.33. The Morgan fingerprint density at radius 2 is 2.05 bits per heavy atom. The molecule has 2 aromatic rings. The summed E-state index contributed by atoms with van der Waals surface area (Å²) in [6.45, 7) is 1.80. The second kappa shape index (κ2) is 5.90. The van der Waals surface area contributed by atoms with E-state index in [0.717, 1.165) is 12.8 Å². The van der Waals surface area contributed by atoms with Gasteiger partial charge in [0.15, 0.2) is 5.82 Å². The quantitative estimate of drug-likeness (QED) is 0.895. The fourth-order valence-corrected chi connectivity index (χ4v) is 2.44. The van der Waals surface area contributed by atoms with Gasteiger partial charge in [-0.3, -0.25) is 4.79 Å². The monoisotopic (exact) mass is 287 g/mol. The summed E-state index contributed by atoms with van der Waals surface area (Å²) in [5.74, 6) is 1.60. The molecule has 0 bridgehead atoms. The number of amides is 1. The molecule has 2 heterocycles. The van der Waals surface area contributed by atoms with Crippen LogP contribution in [0.5, 0.6) is 0 Å². The lowest BCUT2D eigenvalue weighted by Gasteiger charge is -2.11. The molecule has 0 aliphatic heterocycles. The van der Waals surface area contributed by atoms with E-state index < -0.39 is 0 Å². The van der Waals surface area contributed by atoms with Crippen LogP contribution in [0.2, 0.25) is 0 Å². The van der Waals surface area contributed by atoms with Gasteiger partial charge < -0.3 is 15.2 Å².